The first-order valence-corrected chi connectivity index (χ1v) is 7.81. The minimum absolute atomic E-state index is 0.609. The molecule has 1 atom stereocenters. The fraction of sp³-hybridized carbons (Fsp3) is 0.316. The summed E-state index contributed by atoms with van der Waals surface area (Å²) in [5.41, 5.74) is 4.26. The molecular weight excluding hydrogens is 270 g/mol. The molecule has 1 aliphatic rings. The van der Waals surface area contributed by atoms with Crippen LogP contribution in [0.5, 0.6) is 0 Å². The maximum atomic E-state index is 4.40. The molecule has 0 amide bonds. The lowest BCUT2D eigenvalue weighted by molar-refractivity contribution is 0.467. The second-order valence-electron chi connectivity index (χ2n) is 5.87. The monoisotopic (exact) mass is 293 g/mol. The first kappa shape index (κ1) is 14.6. The van der Waals surface area contributed by atoms with E-state index in [1.54, 1.807) is 0 Å². The molecule has 0 bridgehead atoms. The first-order valence-electron chi connectivity index (χ1n) is 7.81. The van der Waals surface area contributed by atoms with Crippen LogP contribution in [0.3, 0.4) is 0 Å². The zero-order valence-corrected chi connectivity index (χ0v) is 13.3. The molecule has 2 aromatic rings. The minimum Gasteiger partial charge on any atom is -0.356 e. The molecule has 2 aromatic carbocycles. The molecule has 0 saturated carbocycles. The number of aliphatic imine (C=N–C) groups is 1. The Hall–Kier alpha value is -2.29. The Morgan fingerprint density at radius 1 is 1.14 bits per heavy atom. The van der Waals surface area contributed by atoms with Gasteiger partial charge in [0.2, 0.25) is 0 Å². The zero-order valence-electron chi connectivity index (χ0n) is 13.3. The van der Waals surface area contributed by atoms with Crippen LogP contribution in [0.4, 0.5) is 0 Å². The topological polar surface area (TPSA) is 27.6 Å². The number of benzene rings is 2. The fourth-order valence-corrected chi connectivity index (χ4v) is 3.08. The van der Waals surface area contributed by atoms with E-state index in [4.69, 9.17) is 0 Å². The quantitative estimate of drug-likeness (QED) is 0.693. The Kier molecular flexibility index (Phi) is 4.42. The van der Waals surface area contributed by atoms with Crippen LogP contribution in [0.15, 0.2) is 59.6 Å². The summed E-state index contributed by atoms with van der Waals surface area (Å²) >= 11 is 0. The van der Waals surface area contributed by atoms with Gasteiger partial charge >= 0.3 is 0 Å². The van der Waals surface area contributed by atoms with Gasteiger partial charge in [0.15, 0.2) is 5.96 Å². The average Bonchev–Trinajstić information content (AvgIpc) is 2.53. The van der Waals surface area contributed by atoms with Crippen LogP contribution < -0.4 is 5.32 Å². The molecule has 3 rings (SSSR count). The van der Waals surface area contributed by atoms with Crippen molar-refractivity contribution in [1.29, 1.82) is 0 Å². The molecule has 0 radical (unpaired) electrons. The van der Waals surface area contributed by atoms with Crippen LogP contribution >= 0.6 is 0 Å². The second kappa shape index (κ2) is 6.65. The number of hydrogen-bond donors (Lipinski definition) is 1. The van der Waals surface area contributed by atoms with Crippen LogP contribution in [-0.4, -0.2) is 31.5 Å². The molecule has 0 aliphatic heterocycles. The number of hydrogen-bond acceptors (Lipinski definition) is 1. The van der Waals surface area contributed by atoms with Crippen molar-refractivity contribution < 1.29 is 0 Å². The molecule has 0 aromatic heterocycles. The van der Waals surface area contributed by atoms with Crippen molar-refractivity contribution in [1.82, 2.24) is 10.2 Å². The van der Waals surface area contributed by atoms with E-state index in [1.807, 2.05) is 13.1 Å². The molecular formula is C19H23N3. The average molecular weight is 293 g/mol. The highest BCUT2D eigenvalue weighted by molar-refractivity contribution is 5.79. The number of nitrogens with zero attached hydrogens (tertiary/aromatic N) is 2. The van der Waals surface area contributed by atoms with E-state index < -0.39 is 0 Å². The summed E-state index contributed by atoms with van der Waals surface area (Å²) in [7, 11) is 3.93. The summed E-state index contributed by atoms with van der Waals surface area (Å²) in [4.78, 5) is 6.57. The van der Waals surface area contributed by atoms with Crippen molar-refractivity contribution in [3.05, 3.63) is 71.3 Å². The third kappa shape index (κ3) is 3.14. The second-order valence-corrected chi connectivity index (χ2v) is 5.87. The van der Waals surface area contributed by atoms with Gasteiger partial charge in [-0.25, -0.2) is 0 Å². The van der Waals surface area contributed by atoms with E-state index >= 15 is 0 Å². The summed E-state index contributed by atoms with van der Waals surface area (Å²) in [6, 6.07) is 19.2. The predicted molar refractivity (Wildman–Crippen MR) is 92.2 cm³/mol. The van der Waals surface area contributed by atoms with Crippen molar-refractivity contribution >= 4 is 5.96 Å². The number of nitrogens with one attached hydrogen (secondary N) is 1. The van der Waals surface area contributed by atoms with E-state index in [0.717, 1.165) is 19.0 Å². The van der Waals surface area contributed by atoms with Gasteiger partial charge in [0.05, 0.1) is 0 Å². The summed E-state index contributed by atoms with van der Waals surface area (Å²) in [6.45, 7) is 1.81. The predicted octanol–water partition coefficient (Wildman–Crippen LogP) is 3.03. The normalized spacial score (nSPS) is 16.6. The van der Waals surface area contributed by atoms with Gasteiger partial charge in [-0.05, 0) is 23.1 Å². The van der Waals surface area contributed by atoms with Gasteiger partial charge in [-0.3, -0.25) is 4.99 Å². The summed E-state index contributed by atoms with van der Waals surface area (Å²) in [5, 5.41) is 3.51. The molecule has 22 heavy (non-hydrogen) atoms. The highest BCUT2D eigenvalue weighted by atomic mass is 15.3. The third-order valence-corrected chi connectivity index (χ3v) is 4.30. The van der Waals surface area contributed by atoms with E-state index in [9.17, 15) is 0 Å². The van der Waals surface area contributed by atoms with Crippen LogP contribution in [0, 0.1) is 0 Å². The highest BCUT2D eigenvalue weighted by Crippen LogP contribution is 2.33. The number of rotatable bonds is 4. The van der Waals surface area contributed by atoms with Crippen LogP contribution in [0.2, 0.25) is 0 Å². The SMILES string of the molecule is CN=C(NCC1Cc2ccccc21)N(C)Cc1ccccc1. The van der Waals surface area contributed by atoms with Gasteiger partial charge < -0.3 is 10.2 Å². The van der Waals surface area contributed by atoms with Gasteiger partial charge in [-0.1, -0.05) is 54.6 Å². The minimum atomic E-state index is 0.609. The van der Waals surface area contributed by atoms with Gasteiger partial charge in [0.25, 0.3) is 0 Å². The van der Waals surface area contributed by atoms with E-state index in [-0.39, 0.29) is 0 Å². The lowest BCUT2D eigenvalue weighted by atomic mass is 9.78. The molecule has 3 heteroatoms. The molecule has 0 fully saturated rings. The van der Waals surface area contributed by atoms with Crippen LogP contribution in [0.1, 0.15) is 22.6 Å². The summed E-state index contributed by atoms with van der Waals surface area (Å²) in [5.74, 6) is 1.56. The lowest BCUT2D eigenvalue weighted by Crippen LogP contribution is -2.41. The Balaban J connectivity index is 1.55. The highest BCUT2D eigenvalue weighted by Gasteiger charge is 2.25. The Morgan fingerprint density at radius 3 is 2.59 bits per heavy atom. The van der Waals surface area contributed by atoms with E-state index in [0.29, 0.717) is 5.92 Å². The van der Waals surface area contributed by atoms with Gasteiger partial charge in [-0.2, -0.15) is 0 Å². The molecule has 0 saturated heterocycles. The molecule has 1 N–H and O–H groups in total. The van der Waals surface area contributed by atoms with Crippen molar-refractivity contribution in [3.8, 4) is 0 Å². The van der Waals surface area contributed by atoms with Gasteiger partial charge in [0.1, 0.15) is 0 Å². The lowest BCUT2D eigenvalue weighted by Gasteiger charge is -2.32. The standard InChI is InChI=1S/C19H23N3/c1-20-19(22(2)14-15-8-4-3-5-9-15)21-13-17-12-16-10-6-7-11-18(16)17/h3-11,17H,12-14H2,1-2H3,(H,20,21). The van der Waals surface area contributed by atoms with Gasteiger partial charge in [-0.15, -0.1) is 0 Å². The smallest absolute Gasteiger partial charge is 0.193 e. The Bertz CT molecular complexity index is 649. The zero-order chi connectivity index (χ0) is 15.4. The number of fused-ring (bicyclic) bond motifs is 1. The molecule has 114 valence electrons. The first-order chi connectivity index (χ1) is 10.8. The maximum absolute atomic E-state index is 4.40. The van der Waals surface area contributed by atoms with Crippen LogP contribution in [-0.2, 0) is 13.0 Å². The fourth-order valence-electron chi connectivity index (χ4n) is 3.08. The molecule has 1 aliphatic carbocycles. The summed E-state index contributed by atoms with van der Waals surface area (Å²) in [6.07, 6.45) is 1.17. The largest absolute Gasteiger partial charge is 0.356 e. The van der Waals surface area contributed by atoms with E-state index in [1.165, 1.54) is 23.1 Å². The van der Waals surface area contributed by atoms with Crippen molar-refractivity contribution in [2.75, 3.05) is 20.6 Å². The Morgan fingerprint density at radius 2 is 1.86 bits per heavy atom. The Labute approximate surface area is 132 Å². The molecule has 3 nitrogen and oxygen atoms in total. The number of guanidine groups is 1. The van der Waals surface area contributed by atoms with Crippen molar-refractivity contribution in [3.63, 3.8) is 0 Å². The molecule has 0 heterocycles. The van der Waals surface area contributed by atoms with Crippen LogP contribution in [0.25, 0.3) is 0 Å². The van der Waals surface area contributed by atoms with Crippen molar-refractivity contribution in [2.24, 2.45) is 4.99 Å². The molecule has 1 unspecified atom stereocenters. The maximum Gasteiger partial charge on any atom is 0.193 e. The van der Waals surface area contributed by atoms with Crippen molar-refractivity contribution in [2.45, 2.75) is 18.9 Å². The summed E-state index contributed by atoms with van der Waals surface area (Å²) < 4.78 is 0. The van der Waals surface area contributed by atoms with Gasteiger partial charge in [0, 0.05) is 33.1 Å². The third-order valence-electron chi connectivity index (χ3n) is 4.30. The molecule has 0 spiro atoms. The van der Waals surface area contributed by atoms with E-state index in [2.05, 4.69) is 70.8 Å².